The lowest BCUT2D eigenvalue weighted by atomic mass is 9.89. The maximum absolute atomic E-state index is 6.07. The topological polar surface area (TPSA) is 21.7 Å². The molecule has 0 bridgehead atoms. The van der Waals surface area contributed by atoms with Crippen molar-refractivity contribution in [3.63, 3.8) is 0 Å². The van der Waals surface area contributed by atoms with Gasteiger partial charge in [0, 0.05) is 13.5 Å². The van der Waals surface area contributed by atoms with Gasteiger partial charge in [0.2, 0.25) is 0 Å². The van der Waals surface area contributed by atoms with Crippen LogP contribution in [0.2, 0.25) is 0 Å². The molecular formula is C19H33NO2. The van der Waals surface area contributed by atoms with Gasteiger partial charge in [-0.05, 0) is 69.3 Å². The molecule has 3 nitrogen and oxygen atoms in total. The highest BCUT2D eigenvalue weighted by molar-refractivity contribution is 5.22. The van der Waals surface area contributed by atoms with Crippen molar-refractivity contribution in [1.82, 2.24) is 5.06 Å². The van der Waals surface area contributed by atoms with Gasteiger partial charge in [-0.2, -0.15) is 0 Å². The van der Waals surface area contributed by atoms with Crippen LogP contribution in [0.5, 0.6) is 0 Å². The number of ether oxygens (including phenoxy) is 1. The second-order valence-corrected chi connectivity index (χ2v) is 8.77. The standard InChI is InChI=1S/C19H33NO2/c1-12(2)18-15-8-7-13-14(9-10-17(15)22-20(18)6)16(13)11-21-19(3,4)5/h12-14,16,18H,7-11H2,1-6H3. The molecule has 0 aromatic rings. The van der Waals surface area contributed by atoms with E-state index < -0.39 is 0 Å². The number of hydrogen-bond donors (Lipinski definition) is 0. The van der Waals surface area contributed by atoms with Crippen LogP contribution in [0.1, 0.15) is 60.3 Å². The molecule has 3 aliphatic rings. The van der Waals surface area contributed by atoms with Gasteiger partial charge < -0.3 is 9.57 Å². The van der Waals surface area contributed by atoms with Crippen LogP contribution >= 0.6 is 0 Å². The smallest absolute Gasteiger partial charge is 0.125 e. The Labute approximate surface area is 136 Å². The van der Waals surface area contributed by atoms with Crippen LogP contribution in [-0.4, -0.2) is 30.4 Å². The molecule has 0 aromatic carbocycles. The van der Waals surface area contributed by atoms with Gasteiger partial charge in [0.15, 0.2) is 0 Å². The molecule has 0 N–H and O–H groups in total. The minimum absolute atomic E-state index is 0.00750. The van der Waals surface area contributed by atoms with E-state index in [1.54, 1.807) is 5.57 Å². The number of rotatable bonds is 3. The van der Waals surface area contributed by atoms with Crippen molar-refractivity contribution in [3.05, 3.63) is 11.3 Å². The summed E-state index contributed by atoms with van der Waals surface area (Å²) in [5.74, 6) is 4.43. The lowest BCUT2D eigenvalue weighted by Gasteiger charge is -2.24. The fourth-order valence-electron chi connectivity index (χ4n) is 4.58. The molecule has 4 unspecified atom stereocenters. The molecule has 22 heavy (non-hydrogen) atoms. The van der Waals surface area contributed by atoms with Crippen molar-refractivity contribution in [2.75, 3.05) is 13.7 Å². The second kappa shape index (κ2) is 5.83. The first-order valence-corrected chi connectivity index (χ1v) is 9.04. The van der Waals surface area contributed by atoms with Crippen LogP contribution in [0.3, 0.4) is 0 Å². The van der Waals surface area contributed by atoms with Crippen LogP contribution in [-0.2, 0) is 9.57 Å². The molecule has 0 saturated heterocycles. The first-order chi connectivity index (χ1) is 10.3. The summed E-state index contributed by atoms with van der Waals surface area (Å²) in [6.07, 6.45) is 4.94. The summed E-state index contributed by atoms with van der Waals surface area (Å²) in [7, 11) is 2.09. The Kier molecular flexibility index (Phi) is 4.32. The average Bonchev–Trinajstić information content (AvgIpc) is 2.94. The summed E-state index contributed by atoms with van der Waals surface area (Å²) in [6, 6.07) is 0.481. The summed E-state index contributed by atoms with van der Waals surface area (Å²) < 4.78 is 6.04. The van der Waals surface area contributed by atoms with Crippen LogP contribution in [0, 0.1) is 23.7 Å². The van der Waals surface area contributed by atoms with E-state index in [-0.39, 0.29) is 5.60 Å². The molecule has 1 saturated carbocycles. The van der Waals surface area contributed by atoms with Gasteiger partial charge in [0.05, 0.1) is 18.2 Å². The Hall–Kier alpha value is -0.540. The number of hydrogen-bond acceptors (Lipinski definition) is 3. The number of hydroxylamine groups is 2. The Balaban J connectivity index is 1.61. The fourth-order valence-corrected chi connectivity index (χ4v) is 4.58. The molecule has 0 amide bonds. The molecule has 4 atom stereocenters. The van der Waals surface area contributed by atoms with Gasteiger partial charge >= 0.3 is 0 Å². The van der Waals surface area contributed by atoms with E-state index in [0.29, 0.717) is 12.0 Å². The van der Waals surface area contributed by atoms with Crippen LogP contribution < -0.4 is 0 Å². The van der Waals surface area contributed by atoms with E-state index in [4.69, 9.17) is 9.57 Å². The summed E-state index contributed by atoms with van der Waals surface area (Å²) >= 11 is 0. The molecule has 1 aliphatic heterocycles. The average molecular weight is 307 g/mol. The van der Waals surface area contributed by atoms with Crippen molar-refractivity contribution in [2.24, 2.45) is 23.7 Å². The zero-order chi connectivity index (χ0) is 16.1. The normalized spacial score (nSPS) is 35.8. The van der Waals surface area contributed by atoms with Gasteiger partial charge in [0.25, 0.3) is 0 Å². The molecular weight excluding hydrogens is 274 g/mol. The van der Waals surface area contributed by atoms with Gasteiger partial charge in [-0.1, -0.05) is 13.8 Å². The zero-order valence-corrected chi connectivity index (χ0v) is 15.2. The summed E-state index contributed by atoms with van der Waals surface area (Å²) in [4.78, 5) is 6.07. The highest BCUT2D eigenvalue weighted by Gasteiger charge is 2.51. The number of allylic oxidation sites excluding steroid dienone is 1. The van der Waals surface area contributed by atoms with Crippen molar-refractivity contribution in [2.45, 2.75) is 71.9 Å². The second-order valence-electron chi connectivity index (χ2n) is 8.77. The number of likely N-dealkylation sites (N-methyl/N-ethyl adjacent to an activating group) is 1. The predicted molar refractivity (Wildman–Crippen MR) is 89.1 cm³/mol. The highest BCUT2D eigenvalue weighted by atomic mass is 16.7. The highest BCUT2D eigenvalue weighted by Crippen LogP contribution is 2.55. The Morgan fingerprint density at radius 3 is 2.41 bits per heavy atom. The van der Waals surface area contributed by atoms with E-state index in [1.807, 2.05) is 0 Å². The maximum Gasteiger partial charge on any atom is 0.125 e. The van der Waals surface area contributed by atoms with E-state index >= 15 is 0 Å². The van der Waals surface area contributed by atoms with Crippen molar-refractivity contribution < 1.29 is 9.57 Å². The lowest BCUT2D eigenvalue weighted by Crippen LogP contribution is -2.31. The summed E-state index contributed by atoms with van der Waals surface area (Å²) in [5, 5.41) is 2.09. The Morgan fingerprint density at radius 1 is 1.18 bits per heavy atom. The number of nitrogens with zero attached hydrogens (tertiary/aromatic N) is 1. The van der Waals surface area contributed by atoms with E-state index in [0.717, 1.165) is 30.8 Å². The van der Waals surface area contributed by atoms with Crippen LogP contribution in [0.4, 0.5) is 0 Å². The van der Waals surface area contributed by atoms with Crippen molar-refractivity contribution in [3.8, 4) is 0 Å². The first-order valence-electron chi connectivity index (χ1n) is 9.04. The van der Waals surface area contributed by atoms with Gasteiger partial charge in [0.1, 0.15) is 5.76 Å². The minimum Gasteiger partial charge on any atom is -0.410 e. The third kappa shape index (κ3) is 3.21. The fraction of sp³-hybridized carbons (Fsp3) is 0.895. The Bertz CT molecular complexity index is 449. The largest absolute Gasteiger partial charge is 0.410 e. The Morgan fingerprint density at radius 2 is 1.82 bits per heavy atom. The molecule has 1 heterocycles. The van der Waals surface area contributed by atoms with Crippen molar-refractivity contribution >= 4 is 0 Å². The van der Waals surface area contributed by atoms with Gasteiger partial charge in [-0.3, -0.25) is 0 Å². The van der Waals surface area contributed by atoms with Crippen molar-refractivity contribution in [1.29, 1.82) is 0 Å². The van der Waals surface area contributed by atoms with Gasteiger partial charge in [-0.15, -0.1) is 5.06 Å². The minimum atomic E-state index is -0.00750. The first kappa shape index (κ1) is 16.3. The SMILES string of the molecule is CC(C)C1C2=C(CCC3C(CC2)C3COC(C)(C)C)ON1C. The maximum atomic E-state index is 6.07. The van der Waals surface area contributed by atoms with Crippen LogP contribution in [0.25, 0.3) is 0 Å². The lowest BCUT2D eigenvalue weighted by molar-refractivity contribution is -0.106. The molecule has 0 spiro atoms. The third-order valence-corrected chi connectivity index (χ3v) is 5.66. The monoisotopic (exact) mass is 307 g/mol. The molecule has 3 rings (SSSR count). The predicted octanol–water partition coefficient (Wildman–Crippen LogP) is 4.39. The third-order valence-electron chi connectivity index (χ3n) is 5.66. The van der Waals surface area contributed by atoms with E-state index in [1.165, 1.54) is 25.0 Å². The van der Waals surface area contributed by atoms with E-state index in [2.05, 4.69) is 46.7 Å². The molecule has 1 fully saturated rings. The molecule has 0 aromatic heterocycles. The number of fused-ring (bicyclic) bond motifs is 1. The van der Waals surface area contributed by atoms with Crippen LogP contribution in [0.15, 0.2) is 11.3 Å². The molecule has 3 heteroatoms. The zero-order valence-electron chi connectivity index (χ0n) is 15.2. The van der Waals surface area contributed by atoms with Gasteiger partial charge in [-0.25, -0.2) is 0 Å². The molecule has 0 radical (unpaired) electrons. The molecule has 126 valence electrons. The molecule has 2 aliphatic carbocycles. The summed E-state index contributed by atoms with van der Waals surface area (Å²) in [5.41, 5.74) is 1.57. The van der Waals surface area contributed by atoms with E-state index in [9.17, 15) is 0 Å². The summed E-state index contributed by atoms with van der Waals surface area (Å²) in [6.45, 7) is 12.0. The quantitative estimate of drug-likeness (QED) is 0.771.